The van der Waals surface area contributed by atoms with Crippen molar-refractivity contribution in [1.29, 1.82) is 0 Å². The highest BCUT2D eigenvalue weighted by molar-refractivity contribution is 6.12. The fourth-order valence-corrected chi connectivity index (χ4v) is 3.39. The molecule has 2 heterocycles. The first-order valence-electron chi connectivity index (χ1n) is 10.7. The van der Waals surface area contributed by atoms with Crippen LogP contribution in [0.1, 0.15) is 16.9 Å². The quantitative estimate of drug-likeness (QED) is 0.372. The Hall–Kier alpha value is -3.46. The van der Waals surface area contributed by atoms with Gasteiger partial charge in [0.25, 0.3) is 0 Å². The van der Waals surface area contributed by atoms with E-state index in [1.807, 2.05) is 42.5 Å². The van der Waals surface area contributed by atoms with Crippen LogP contribution in [0.3, 0.4) is 0 Å². The molecule has 0 amide bonds. The Morgan fingerprint density at radius 1 is 0.889 bits per heavy atom. The molecule has 0 spiro atoms. The van der Waals surface area contributed by atoms with E-state index in [-0.39, 0.29) is 29.7 Å². The number of aromatic nitrogens is 2. The Bertz CT molecular complexity index is 1480. The van der Waals surface area contributed by atoms with Crippen LogP contribution >= 0.6 is 0 Å². The van der Waals surface area contributed by atoms with Gasteiger partial charge in [0, 0.05) is 21.9 Å². The molecule has 130 valence electrons. The first-order valence-corrected chi connectivity index (χ1v) is 8.70. The summed E-state index contributed by atoms with van der Waals surface area (Å²) in [7, 11) is 0. The van der Waals surface area contributed by atoms with Gasteiger partial charge in [0.2, 0.25) is 0 Å². The van der Waals surface area contributed by atoms with Gasteiger partial charge < -0.3 is 4.42 Å². The molecule has 0 saturated heterocycles. The third-order valence-corrected chi connectivity index (χ3v) is 4.52. The summed E-state index contributed by atoms with van der Waals surface area (Å²) in [5.74, 6) is 0.496. The van der Waals surface area contributed by atoms with Gasteiger partial charge in [-0.25, -0.2) is 9.97 Å². The van der Waals surface area contributed by atoms with Gasteiger partial charge in [0.15, 0.2) is 0 Å². The third kappa shape index (κ3) is 2.68. The molecule has 3 aromatic carbocycles. The highest BCUT2D eigenvalue weighted by Gasteiger charge is 2.14. The van der Waals surface area contributed by atoms with Crippen molar-refractivity contribution in [2.45, 2.75) is 13.8 Å². The van der Waals surface area contributed by atoms with Crippen LogP contribution in [-0.4, -0.2) is 9.97 Å². The highest BCUT2D eigenvalue weighted by atomic mass is 16.3. The Kier molecular flexibility index (Phi) is 2.70. The van der Waals surface area contributed by atoms with Crippen molar-refractivity contribution in [2.75, 3.05) is 0 Å². The van der Waals surface area contributed by atoms with Gasteiger partial charge >= 0.3 is 0 Å². The molecule has 0 bridgehead atoms. The van der Waals surface area contributed by atoms with Crippen LogP contribution in [0.15, 0.2) is 77.1 Å². The fraction of sp³-hybridized carbons (Fsp3) is 0.0833. The molecule has 5 aromatic rings. The van der Waals surface area contributed by atoms with Crippen molar-refractivity contribution >= 4 is 21.9 Å². The maximum atomic E-state index is 8.47. The van der Waals surface area contributed by atoms with Gasteiger partial charge in [-0.15, -0.1) is 0 Å². The lowest BCUT2D eigenvalue weighted by Crippen LogP contribution is -1.95. The monoisotopic (exact) mass is 354 g/mol. The molecule has 0 aliphatic heterocycles. The number of rotatable bonds is 2. The van der Waals surface area contributed by atoms with E-state index < -0.39 is 0 Å². The van der Waals surface area contributed by atoms with Gasteiger partial charge in [-0.2, -0.15) is 0 Å². The number of hydrogen-bond acceptors (Lipinski definition) is 3. The molecule has 0 saturated carbocycles. The van der Waals surface area contributed by atoms with Crippen LogP contribution in [0.25, 0.3) is 44.5 Å². The van der Waals surface area contributed by atoms with E-state index in [0.717, 1.165) is 27.5 Å². The Balaban J connectivity index is 1.81. The number of fused-ring (bicyclic) bond motifs is 3. The molecule has 27 heavy (non-hydrogen) atoms. The molecule has 0 N–H and O–H groups in total. The average molecular weight is 354 g/mol. The Labute approximate surface area is 162 Å². The first kappa shape index (κ1) is 12.0. The topological polar surface area (TPSA) is 38.9 Å². The molecule has 0 radical (unpaired) electrons. The minimum absolute atomic E-state index is 0.0435. The highest BCUT2D eigenvalue weighted by Crippen LogP contribution is 2.36. The number of para-hydroxylation sites is 1. The standard InChI is InChI=1S/C24H18N2O/c1-15-7-5-8-17(13-15)20-14-21(26-16(2)25-20)18-10-6-12-23-24(18)19-9-3-4-11-22(19)27-23/h3-14H,1-2H3/i5D,7D,8D,13D. The van der Waals surface area contributed by atoms with Crippen LogP contribution in [0, 0.1) is 13.8 Å². The fourth-order valence-electron chi connectivity index (χ4n) is 3.39. The van der Waals surface area contributed by atoms with Crippen molar-refractivity contribution in [3.8, 4) is 22.5 Å². The number of benzene rings is 3. The predicted molar refractivity (Wildman–Crippen MR) is 110 cm³/mol. The lowest BCUT2D eigenvalue weighted by Gasteiger charge is -2.08. The molecular weight excluding hydrogens is 332 g/mol. The van der Waals surface area contributed by atoms with Crippen molar-refractivity contribution in [3.63, 3.8) is 0 Å². The number of furan rings is 1. The summed E-state index contributed by atoms with van der Waals surface area (Å²) >= 11 is 0. The average Bonchev–Trinajstić information content (AvgIpc) is 3.15. The van der Waals surface area contributed by atoms with E-state index in [9.17, 15) is 0 Å². The first-order chi connectivity index (χ1) is 14.9. The van der Waals surface area contributed by atoms with E-state index in [4.69, 9.17) is 9.90 Å². The van der Waals surface area contributed by atoms with Gasteiger partial charge in [-0.1, -0.05) is 54.0 Å². The lowest BCUT2D eigenvalue weighted by molar-refractivity contribution is 0.669. The molecule has 3 nitrogen and oxygen atoms in total. The minimum Gasteiger partial charge on any atom is -0.456 e. The Morgan fingerprint density at radius 2 is 1.70 bits per heavy atom. The SMILES string of the molecule is [2H]c1c([2H])c(C)c([2H])c(-c2cc(-c3cccc4oc5ccccc5c34)nc(C)n2)c1[2H]. The van der Waals surface area contributed by atoms with Crippen LogP contribution < -0.4 is 0 Å². The summed E-state index contributed by atoms with van der Waals surface area (Å²) in [5.41, 5.74) is 4.06. The van der Waals surface area contributed by atoms with E-state index in [1.54, 1.807) is 19.9 Å². The zero-order chi connectivity index (χ0) is 21.9. The van der Waals surface area contributed by atoms with Crippen LogP contribution in [0.5, 0.6) is 0 Å². The third-order valence-electron chi connectivity index (χ3n) is 4.52. The number of nitrogens with zero attached hydrogens (tertiary/aromatic N) is 2. The van der Waals surface area contributed by atoms with Crippen molar-refractivity contribution in [1.82, 2.24) is 9.97 Å². The molecule has 2 aromatic heterocycles. The van der Waals surface area contributed by atoms with Crippen LogP contribution in [0.4, 0.5) is 0 Å². The smallest absolute Gasteiger partial charge is 0.136 e. The van der Waals surface area contributed by atoms with Crippen molar-refractivity contribution in [3.05, 3.63) is 84.1 Å². The van der Waals surface area contributed by atoms with Gasteiger partial charge in [0.1, 0.15) is 17.0 Å². The molecule has 0 fully saturated rings. The molecule has 0 aliphatic rings. The Morgan fingerprint density at radius 3 is 2.63 bits per heavy atom. The lowest BCUT2D eigenvalue weighted by atomic mass is 10.0. The second-order valence-electron chi connectivity index (χ2n) is 6.46. The van der Waals surface area contributed by atoms with E-state index in [0.29, 0.717) is 22.8 Å². The largest absolute Gasteiger partial charge is 0.456 e. The zero-order valence-corrected chi connectivity index (χ0v) is 14.9. The molecule has 3 heteroatoms. The molecule has 5 rings (SSSR count). The molecule has 0 unspecified atom stereocenters. The molecule has 0 aliphatic carbocycles. The molecular formula is C24H18N2O. The van der Waals surface area contributed by atoms with E-state index in [1.165, 1.54) is 0 Å². The number of hydrogen-bond donors (Lipinski definition) is 0. The second-order valence-corrected chi connectivity index (χ2v) is 6.46. The van der Waals surface area contributed by atoms with Crippen LogP contribution in [0.2, 0.25) is 0 Å². The second kappa shape index (κ2) is 6.06. The minimum atomic E-state index is -0.204. The van der Waals surface area contributed by atoms with Gasteiger partial charge in [-0.3, -0.25) is 0 Å². The predicted octanol–water partition coefficient (Wildman–Crippen LogP) is 6.33. The van der Waals surface area contributed by atoms with E-state index in [2.05, 4.69) is 9.97 Å². The summed E-state index contributed by atoms with van der Waals surface area (Å²) in [6.45, 7) is 3.39. The summed E-state index contributed by atoms with van der Waals surface area (Å²) < 4.78 is 38.9. The van der Waals surface area contributed by atoms with Crippen molar-refractivity contribution in [2.24, 2.45) is 0 Å². The van der Waals surface area contributed by atoms with Crippen LogP contribution in [-0.2, 0) is 0 Å². The van der Waals surface area contributed by atoms with Gasteiger partial charge in [0.05, 0.1) is 16.9 Å². The summed E-state index contributed by atoms with van der Waals surface area (Å²) in [6, 6.07) is 14.9. The summed E-state index contributed by atoms with van der Waals surface area (Å²) in [4.78, 5) is 9.10. The zero-order valence-electron chi connectivity index (χ0n) is 18.9. The van der Waals surface area contributed by atoms with Gasteiger partial charge in [-0.05, 0) is 38.1 Å². The maximum Gasteiger partial charge on any atom is 0.136 e. The van der Waals surface area contributed by atoms with Crippen molar-refractivity contribution < 1.29 is 9.90 Å². The normalized spacial score (nSPS) is 13.4. The van der Waals surface area contributed by atoms with E-state index >= 15 is 0 Å². The molecule has 0 atom stereocenters. The summed E-state index contributed by atoms with van der Waals surface area (Å²) in [5, 5.41) is 1.93. The summed E-state index contributed by atoms with van der Waals surface area (Å²) in [6.07, 6.45) is 0. The maximum absolute atomic E-state index is 8.47. The number of aryl methyl sites for hydroxylation is 1.